The molecule has 6 fully saturated rings. The quantitative estimate of drug-likeness (QED) is 0.371. The van der Waals surface area contributed by atoms with Crippen molar-refractivity contribution < 1.29 is 48.2 Å². The molecule has 2 aromatic rings. The Balaban J connectivity index is 1.34. The number of hydrogen-bond donors (Lipinski definition) is 2. The number of ether oxygens (including phenoxy) is 6. The number of fused-ring (bicyclic) bond motifs is 5. The van der Waals surface area contributed by atoms with Crippen molar-refractivity contribution in [2.24, 2.45) is 23.7 Å². The second-order valence-electron chi connectivity index (χ2n) is 14.5. The highest BCUT2D eigenvalue weighted by atomic mass is 16.9. The van der Waals surface area contributed by atoms with E-state index in [0.29, 0.717) is 23.1 Å². The van der Waals surface area contributed by atoms with E-state index in [4.69, 9.17) is 28.4 Å². The molecule has 2 N–H and O–H groups in total. The largest absolute Gasteiger partial charge is 0.455 e. The van der Waals surface area contributed by atoms with E-state index in [1.807, 2.05) is 20.8 Å². The molecular formula is C36H40O10. The van der Waals surface area contributed by atoms with Crippen molar-refractivity contribution in [1.82, 2.24) is 0 Å². The second-order valence-corrected chi connectivity index (χ2v) is 14.5. The Morgan fingerprint density at radius 2 is 1.46 bits per heavy atom. The molecule has 3 saturated heterocycles. The Bertz CT molecular complexity index is 1610. The topological polar surface area (TPSA) is 130 Å². The molecule has 1 unspecified atom stereocenters. The molecule has 3 aliphatic carbocycles. The van der Waals surface area contributed by atoms with Gasteiger partial charge < -0.3 is 38.6 Å². The lowest BCUT2D eigenvalue weighted by Crippen LogP contribution is -2.80. The molecule has 3 heterocycles. The number of carbonyl (C=O) groups is 2. The second kappa shape index (κ2) is 9.49. The zero-order valence-electron chi connectivity index (χ0n) is 26.5. The van der Waals surface area contributed by atoms with Crippen LogP contribution < -0.4 is 0 Å². The third-order valence-electron chi connectivity index (χ3n) is 12.0. The fraction of sp³-hybridized carbons (Fsp3) is 0.556. The summed E-state index contributed by atoms with van der Waals surface area (Å²) in [7, 11) is 0. The minimum absolute atomic E-state index is 0.302. The van der Waals surface area contributed by atoms with E-state index in [0.717, 1.165) is 0 Å². The molecule has 10 heteroatoms. The number of benzene rings is 2. The highest BCUT2D eigenvalue weighted by Gasteiger charge is 2.90. The van der Waals surface area contributed by atoms with Crippen LogP contribution in [-0.4, -0.2) is 81.0 Å². The molecule has 46 heavy (non-hydrogen) atoms. The van der Waals surface area contributed by atoms with Crippen molar-refractivity contribution in [3.8, 4) is 0 Å². The van der Waals surface area contributed by atoms with E-state index in [1.54, 1.807) is 74.5 Å². The molecule has 10 nitrogen and oxygen atoms in total. The van der Waals surface area contributed by atoms with Gasteiger partial charge in [0, 0.05) is 18.8 Å². The zero-order chi connectivity index (χ0) is 32.6. The molecule has 6 aliphatic rings. The molecule has 2 aromatic carbocycles. The number of rotatable bonds is 5. The van der Waals surface area contributed by atoms with E-state index >= 15 is 0 Å². The van der Waals surface area contributed by atoms with Gasteiger partial charge in [0.25, 0.3) is 5.97 Å². The van der Waals surface area contributed by atoms with Gasteiger partial charge in [-0.15, -0.1) is 0 Å². The van der Waals surface area contributed by atoms with Gasteiger partial charge in [-0.05, 0) is 56.0 Å². The van der Waals surface area contributed by atoms with Crippen molar-refractivity contribution in [2.45, 2.75) is 99.9 Å². The molecule has 1 spiro atoms. The normalized spacial score (nSPS) is 49.2. The van der Waals surface area contributed by atoms with Crippen LogP contribution in [0.15, 0.2) is 72.8 Å². The molecular weight excluding hydrogens is 592 g/mol. The summed E-state index contributed by atoms with van der Waals surface area (Å²) in [5.41, 5.74) is -4.58. The van der Waals surface area contributed by atoms with Crippen molar-refractivity contribution in [1.29, 1.82) is 0 Å². The van der Waals surface area contributed by atoms with E-state index in [1.165, 1.54) is 0 Å². The maximum atomic E-state index is 13.9. The lowest BCUT2D eigenvalue weighted by molar-refractivity contribution is -0.388. The highest BCUT2D eigenvalue weighted by Crippen LogP contribution is 2.73. The summed E-state index contributed by atoms with van der Waals surface area (Å²) in [5.74, 6) is -5.33. The van der Waals surface area contributed by atoms with Gasteiger partial charge >= 0.3 is 11.9 Å². The fourth-order valence-corrected chi connectivity index (χ4v) is 10.1. The molecule has 3 saturated carbocycles. The van der Waals surface area contributed by atoms with Crippen LogP contribution in [0.4, 0.5) is 0 Å². The molecule has 0 aromatic heterocycles. The first-order valence-corrected chi connectivity index (χ1v) is 16.1. The summed E-state index contributed by atoms with van der Waals surface area (Å²) >= 11 is 0. The molecule has 0 radical (unpaired) electrons. The van der Waals surface area contributed by atoms with Gasteiger partial charge in [0.1, 0.15) is 35.1 Å². The fourth-order valence-electron chi connectivity index (χ4n) is 10.1. The maximum absolute atomic E-state index is 13.9. The van der Waals surface area contributed by atoms with E-state index in [2.05, 4.69) is 6.58 Å². The van der Waals surface area contributed by atoms with Gasteiger partial charge in [-0.1, -0.05) is 56.8 Å². The predicted octanol–water partition coefficient (Wildman–Crippen LogP) is 3.80. The van der Waals surface area contributed by atoms with Crippen molar-refractivity contribution >= 4 is 11.9 Å². The van der Waals surface area contributed by atoms with E-state index in [-0.39, 0.29) is 5.92 Å². The van der Waals surface area contributed by atoms with Crippen LogP contribution in [0.25, 0.3) is 0 Å². The average Bonchev–Trinajstić information content (AvgIpc) is 3.61. The average molecular weight is 633 g/mol. The van der Waals surface area contributed by atoms with Crippen LogP contribution in [0.5, 0.6) is 0 Å². The first-order valence-electron chi connectivity index (χ1n) is 16.1. The number of carbonyl (C=O) groups excluding carboxylic acids is 2. The van der Waals surface area contributed by atoms with E-state index < -0.39 is 88.6 Å². The predicted molar refractivity (Wildman–Crippen MR) is 161 cm³/mol. The van der Waals surface area contributed by atoms with Crippen LogP contribution >= 0.6 is 0 Å². The van der Waals surface area contributed by atoms with E-state index in [9.17, 15) is 19.8 Å². The number of esters is 2. The summed E-state index contributed by atoms with van der Waals surface area (Å²) in [5, 5.41) is 25.4. The van der Waals surface area contributed by atoms with Crippen molar-refractivity contribution in [3.63, 3.8) is 0 Å². The standard InChI is InChI=1S/C36H40O10/c1-18(2)35-26-20(4)34(40)23-17-19(3)25(37)36(23)31(42-30(39)22-15-11-8-12-16-22)32(5,45-36)27(41-29(38)21-13-9-7-10-14-21)24(34)28(35)44-33(6,43-26)46-35/h7-16,19-20,23-28,31,37,40H,1,17H2,2-6H3/t19-,20+,23-,24-,25-,26-,27-,28+,31+,32-,33?,34-,35-,36+/m0/s1. The van der Waals surface area contributed by atoms with Crippen LogP contribution in [-0.2, 0) is 28.4 Å². The first kappa shape index (κ1) is 30.2. The third kappa shape index (κ3) is 3.47. The van der Waals surface area contributed by atoms with Crippen LogP contribution in [0.3, 0.4) is 0 Å². The Morgan fingerprint density at radius 1 is 0.891 bits per heavy atom. The Morgan fingerprint density at radius 3 is 2.04 bits per heavy atom. The van der Waals surface area contributed by atoms with Gasteiger partial charge in [0.05, 0.1) is 28.7 Å². The van der Waals surface area contributed by atoms with Crippen LogP contribution in [0.2, 0.25) is 0 Å². The zero-order valence-corrected chi connectivity index (χ0v) is 26.5. The molecule has 8 rings (SSSR count). The van der Waals surface area contributed by atoms with Crippen molar-refractivity contribution in [3.05, 3.63) is 83.9 Å². The minimum Gasteiger partial charge on any atom is -0.455 e. The van der Waals surface area contributed by atoms with Gasteiger partial charge in [-0.2, -0.15) is 0 Å². The Labute approximate surface area is 267 Å². The SMILES string of the molecule is C=C(C)[C@@]12OC3(C)O[C@@H]1[C@@H]1[C@H](OC(=O)c4ccccc4)[C@]4(C)O[C@@]5([C@@H]4OC(=O)c4ccccc4)[C@@H](O)[C@@H](C)C[C@H]5[C@@]1(O)[C@H](C)[C@@H]2O3. The highest BCUT2D eigenvalue weighted by molar-refractivity contribution is 5.90. The summed E-state index contributed by atoms with van der Waals surface area (Å²) < 4.78 is 39.2. The van der Waals surface area contributed by atoms with Gasteiger partial charge in [0.15, 0.2) is 6.10 Å². The van der Waals surface area contributed by atoms with Crippen molar-refractivity contribution in [2.75, 3.05) is 0 Å². The van der Waals surface area contributed by atoms with Gasteiger partial charge in [-0.25, -0.2) is 9.59 Å². The summed E-state index contributed by atoms with van der Waals surface area (Å²) in [6.45, 7) is 13.3. The monoisotopic (exact) mass is 632 g/mol. The number of hydrogen-bond acceptors (Lipinski definition) is 10. The van der Waals surface area contributed by atoms with Gasteiger partial charge in [0.2, 0.25) is 0 Å². The minimum atomic E-state index is -1.69. The third-order valence-corrected chi connectivity index (χ3v) is 12.0. The molecule has 3 aliphatic heterocycles. The van der Waals surface area contributed by atoms with Crippen LogP contribution in [0, 0.1) is 23.7 Å². The Hall–Kier alpha value is -3.12. The first-order chi connectivity index (χ1) is 21.7. The summed E-state index contributed by atoms with van der Waals surface area (Å²) in [6, 6.07) is 17.1. The number of aliphatic hydroxyl groups is 2. The molecule has 0 amide bonds. The molecule has 244 valence electrons. The lowest BCUT2D eigenvalue weighted by Gasteiger charge is -2.62. The lowest BCUT2D eigenvalue weighted by atomic mass is 9.53. The summed E-state index contributed by atoms with van der Waals surface area (Å²) in [6.07, 6.45) is -4.60. The maximum Gasteiger partial charge on any atom is 0.338 e. The van der Waals surface area contributed by atoms with Crippen LogP contribution in [0.1, 0.15) is 61.8 Å². The summed E-state index contributed by atoms with van der Waals surface area (Å²) in [4.78, 5) is 27.6. The Kier molecular flexibility index (Phi) is 6.24. The molecule has 14 atom stereocenters. The van der Waals surface area contributed by atoms with Gasteiger partial charge in [-0.3, -0.25) is 0 Å². The molecule has 4 bridgehead atoms. The smallest absolute Gasteiger partial charge is 0.338 e. The number of aliphatic hydroxyl groups excluding tert-OH is 1.